The van der Waals surface area contributed by atoms with Gasteiger partial charge in [0.1, 0.15) is 0 Å². The second kappa shape index (κ2) is 5.51. The smallest absolute Gasteiger partial charge is 0.236 e. The zero-order valence-electron chi connectivity index (χ0n) is 8.94. The minimum atomic E-state index is -0.460. The van der Waals surface area contributed by atoms with E-state index in [-0.39, 0.29) is 6.54 Å². The van der Waals surface area contributed by atoms with E-state index in [9.17, 15) is 9.59 Å². The van der Waals surface area contributed by atoms with Gasteiger partial charge in [0.05, 0.1) is 17.3 Å². The lowest BCUT2D eigenvalue weighted by molar-refractivity contribution is -0.116. The zero-order valence-corrected chi connectivity index (χ0v) is 9.70. The van der Waals surface area contributed by atoms with Gasteiger partial charge < -0.3 is 10.6 Å². The molecule has 0 spiro atoms. The molecule has 4 nitrogen and oxygen atoms in total. The topological polar surface area (TPSA) is 63.4 Å². The fourth-order valence-corrected chi connectivity index (χ4v) is 1.80. The first-order valence-electron chi connectivity index (χ1n) is 4.87. The van der Waals surface area contributed by atoms with Crippen molar-refractivity contribution in [3.05, 3.63) is 28.8 Å². The largest absolute Gasteiger partial charge is 0.368 e. The Labute approximate surface area is 99.0 Å². The summed E-state index contributed by atoms with van der Waals surface area (Å²) in [4.78, 5) is 23.5. The van der Waals surface area contributed by atoms with Gasteiger partial charge in [0.2, 0.25) is 5.91 Å². The number of anilines is 1. The van der Waals surface area contributed by atoms with Crippen molar-refractivity contribution in [3.63, 3.8) is 0 Å². The van der Waals surface area contributed by atoms with E-state index < -0.39 is 5.91 Å². The van der Waals surface area contributed by atoms with Crippen LogP contribution < -0.4 is 10.6 Å². The summed E-state index contributed by atoms with van der Waals surface area (Å²) in [5, 5.41) is 0.438. The van der Waals surface area contributed by atoms with Crippen LogP contribution in [0.25, 0.3) is 0 Å². The maximum absolute atomic E-state index is 10.9. The van der Waals surface area contributed by atoms with Crippen LogP contribution in [-0.4, -0.2) is 25.3 Å². The summed E-state index contributed by atoms with van der Waals surface area (Å²) in [6, 6.07) is 5.01. The molecule has 0 unspecified atom stereocenters. The van der Waals surface area contributed by atoms with Crippen LogP contribution in [0.5, 0.6) is 0 Å². The van der Waals surface area contributed by atoms with E-state index in [4.69, 9.17) is 17.3 Å². The molecule has 1 rings (SSSR count). The first-order valence-corrected chi connectivity index (χ1v) is 5.24. The third-order valence-corrected chi connectivity index (χ3v) is 2.49. The highest BCUT2D eigenvalue weighted by atomic mass is 35.5. The Morgan fingerprint density at radius 1 is 1.56 bits per heavy atom. The highest BCUT2D eigenvalue weighted by molar-refractivity contribution is 6.34. The van der Waals surface area contributed by atoms with E-state index in [0.29, 0.717) is 29.1 Å². The minimum absolute atomic E-state index is 0.0427. The molecule has 16 heavy (non-hydrogen) atoms. The highest BCUT2D eigenvalue weighted by Crippen LogP contribution is 2.28. The monoisotopic (exact) mass is 240 g/mol. The maximum atomic E-state index is 10.9. The number of benzene rings is 1. The molecule has 5 heteroatoms. The molecule has 0 aliphatic rings. The summed E-state index contributed by atoms with van der Waals surface area (Å²) in [5.41, 5.74) is 6.15. The lowest BCUT2D eigenvalue weighted by atomic mass is 10.1. The lowest BCUT2D eigenvalue weighted by Gasteiger charge is -2.23. The molecule has 0 heterocycles. The van der Waals surface area contributed by atoms with E-state index in [0.717, 1.165) is 0 Å². The van der Waals surface area contributed by atoms with Crippen molar-refractivity contribution in [2.75, 3.05) is 18.0 Å². The van der Waals surface area contributed by atoms with E-state index in [1.165, 1.54) is 0 Å². The van der Waals surface area contributed by atoms with Crippen LogP contribution >= 0.6 is 11.6 Å². The fourth-order valence-electron chi connectivity index (χ4n) is 1.50. The molecule has 0 aliphatic carbocycles. The summed E-state index contributed by atoms with van der Waals surface area (Å²) in [5.74, 6) is -0.460. The molecule has 0 radical (unpaired) electrons. The van der Waals surface area contributed by atoms with Crippen LogP contribution in [0.1, 0.15) is 17.3 Å². The Bertz CT molecular complexity index is 407. The van der Waals surface area contributed by atoms with Crippen molar-refractivity contribution in [1.82, 2.24) is 0 Å². The average Bonchev–Trinajstić information content (AvgIpc) is 2.25. The van der Waals surface area contributed by atoms with Gasteiger partial charge in [-0.05, 0) is 19.1 Å². The third kappa shape index (κ3) is 2.73. The van der Waals surface area contributed by atoms with Crippen molar-refractivity contribution in [1.29, 1.82) is 0 Å². The van der Waals surface area contributed by atoms with Gasteiger partial charge in [-0.25, -0.2) is 0 Å². The number of amides is 1. The third-order valence-electron chi connectivity index (χ3n) is 2.19. The predicted octanol–water partition coefficient (Wildman–Crippen LogP) is 1.46. The number of nitrogens with zero attached hydrogens (tertiary/aromatic N) is 1. The summed E-state index contributed by atoms with van der Waals surface area (Å²) in [7, 11) is 0. The number of para-hydroxylation sites is 1. The number of hydrogen-bond acceptors (Lipinski definition) is 3. The highest BCUT2D eigenvalue weighted by Gasteiger charge is 2.14. The van der Waals surface area contributed by atoms with Gasteiger partial charge in [-0.1, -0.05) is 17.7 Å². The number of carbonyl (C=O) groups excluding carboxylic acids is 2. The Balaban J connectivity index is 3.17. The van der Waals surface area contributed by atoms with Crippen LogP contribution in [-0.2, 0) is 4.79 Å². The standard InChI is InChI=1S/C11H13ClN2O2/c1-2-14(6-10(13)16)11-8(7-15)4-3-5-9(11)12/h3-5,7H,2,6H2,1H3,(H2,13,16). The number of nitrogens with two attached hydrogens (primary N) is 1. The number of primary amides is 1. The molecule has 0 atom stereocenters. The Hall–Kier alpha value is -1.55. The second-order valence-electron chi connectivity index (χ2n) is 3.28. The average molecular weight is 241 g/mol. The van der Waals surface area contributed by atoms with Gasteiger partial charge in [0, 0.05) is 12.1 Å². The number of likely N-dealkylation sites (N-methyl/N-ethyl adjacent to an activating group) is 1. The summed E-state index contributed by atoms with van der Waals surface area (Å²) in [6.07, 6.45) is 0.713. The molecule has 0 aromatic heterocycles. The molecular formula is C11H13ClN2O2. The van der Waals surface area contributed by atoms with Gasteiger partial charge in [-0.3, -0.25) is 9.59 Å². The number of hydrogen-bond donors (Lipinski definition) is 1. The molecule has 86 valence electrons. The van der Waals surface area contributed by atoms with Gasteiger partial charge in [0.15, 0.2) is 6.29 Å². The summed E-state index contributed by atoms with van der Waals surface area (Å²) >= 11 is 6.01. The van der Waals surface area contributed by atoms with E-state index >= 15 is 0 Å². The van der Waals surface area contributed by atoms with E-state index in [1.807, 2.05) is 6.92 Å². The fraction of sp³-hybridized carbons (Fsp3) is 0.273. The number of aldehydes is 1. The molecule has 0 aliphatic heterocycles. The van der Waals surface area contributed by atoms with Crippen molar-refractivity contribution in [2.24, 2.45) is 5.73 Å². The lowest BCUT2D eigenvalue weighted by Crippen LogP contribution is -2.34. The molecule has 0 fully saturated rings. The molecule has 0 bridgehead atoms. The molecule has 0 saturated carbocycles. The first-order chi connectivity index (χ1) is 7.60. The van der Waals surface area contributed by atoms with Crippen LogP contribution in [0, 0.1) is 0 Å². The van der Waals surface area contributed by atoms with Crippen molar-refractivity contribution < 1.29 is 9.59 Å². The van der Waals surface area contributed by atoms with Gasteiger partial charge in [0.25, 0.3) is 0 Å². The predicted molar refractivity (Wildman–Crippen MR) is 63.9 cm³/mol. The van der Waals surface area contributed by atoms with Gasteiger partial charge in [-0.15, -0.1) is 0 Å². The van der Waals surface area contributed by atoms with Crippen molar-refractivity contribution >= 4 is 29.5 Å². The summed E-state index contributed by atoms with van der Waals surface area (Å²) in [6.45, 7) is 2.45. The summed E-state index contributed by atoms with van der Waals surface area (Å²) < 4.78 is 0. The Morgan fingerprint density at radius 2 is 2.25 bits per heavy atom. The second-order valence-corrected chi connectivity index (χ2v) is 3.68. The van der Waals surface area contributed by atoms with Crippen molar-refractivity contribution in [2.45, 2.75) is 6.92 Å². The van der Waals surface area contributed by atoms with Crippen LogP contribution in [0.2, 0.25) is 5.02 Å². The van der Waals surface area contributed by atoms with Crippen LogP contribution in [0.3, 0.4) is 0 Å². The van der Waals surface area contributed by atoms with E-state index in [2.05, 4.69) is 0 Å². The number of halogens is 1. The molecule has 0 saturated heterocycles. The Kier molecular flexibility index (Phi) is 4.31. The Morgan fingerprint density at radius 3 is 2.75 bits per heavy atom. The molecular weight excluding hydrogens is 228 g/mol. The van der Waals surface area contributed by atoms with E-state index in [1.54, 1.807) is 23.1 Å². The van der Waals surface area contributed by atoms with Crippen LogP contribution in [0.4, 0.5) is 5.69 Å². The van der Waals surface area contributed by atoms with Gasteiger partial charge in [-0.2, -0.15) is 0 Å². The zero-order chi connectivity index (χ0) is 12.1. The maximum Gasteiger partial charge on any atom is 0.236 e. The van der Waals surface area contributed by atoms with Gasteiger partial charge >= 0.3 is 0 Å². The number of carbonyl (C=O) groups is 2. The quantitative estimate of drug-likeness (QED) is 0.793. The molecule has 1 aromatic rings. The molecule has 2 N–H and O–H groups in total. The molecule has 1 amide bonds. The molecule has 1 aromatic carbocycles. The number of rotatable bonds is 5. The normalized spacial score (nSPS) is 9.88. The minimum Gasteiger partial charge on any atom is -0.368 e. The SMILES string of the molecule is CCN(CC(N)=O)c1c(Cl)cccc1C=O. The van der Waals surface area contributed by atoms with Crippen molar-refractivity contribution in [3.8, 4) is 0 Å². The van der Waals surface area contributed by atoms with Crippen LogP contribution in [0.15, 0.2) is 18.2 Å². The first kappa shape index (κ1) is 12.5.